The van der Waals surface area contributed by atoms with Crippen molar-refractivity contribution in [1.29, 1.82) is 0 Å². The number of benzene rings is 4. The van der Waals surface area contributed by atoms with Gasteiger partial charge in [-0.1, -0.05) is 76.6 Å². The fourth-order valence-electron chi connectivity index (χ4n) is 5.31. The van der Waals surface area contributed by atoms with E-state index < -0.39 is 7.82 Å². The van der Waals surface area contributed by atoms with E-state index in [-0.39, 0.29) is 13.2 Å². The zero-order valence-electron chi connectivity index (χ0n) is 31.3. The first-order chi connectivity index (χ1) is 25.9. The van der Waals surface area contributed by atoms with Crippen molar-refractivity contribution >= 4 is 30.6 Å². The fourth-order valence-corrected chi connectivity index (χ4v) is 6.11. The van der Waals surface area contributed by atoms with Crippen LogP contribution in [0.5, 0.6) is 11.5 Å². The normalized spacial score (nSPS) is 12.7. The van der Waals surface area contributed by atoms with Crippen LogP contribution >= 0.6 is 7.82 Å². The molecule has 0 aromatic heterocycles. The molecule has 0 aliphatic heterocycles. The van der Waals surface area contributed by atoms with Crippen LogP contribution in [0.15, 0.2) is 118 Å². The average molecular weight is 743 g/mol. The number of rotatable bonds is 26. The summed E-state index contributed by atoms with van der Waals surface area (Å²) >= 11 is 0. The summed E-state index contributed by atoms with van der Waals surface area (Å²) in [5.74, 6) is 1.32. The Morgan fingerprint density at radius 3 is 1.13 bits per heavy atom. The first-order valence-corrected chi connectivity index (χ1v) is 20.5. The van der Waals surface area contributed by atoms with Crippen molar-refractivity contribution in [3.63, 3.8) is 0 Å². The van der Waals surface area contributed by atoms with Crippen LogP contribution in [0.1, 0.15) is 89.2 Å². The molecule has 0 fully saturated rings. The second-order valence-corrected chi connectivity index (χ2v) is 14.3. The molecule has 0 aliphatic rings. The highest BCUT2D eigenvalue weighted by Gasteiger charge is 2.20. The molecule has 4 aromatic carbocycles. The van der Waals surface area contributed by atoms with E-state index in [1.165, 1.54) is 62.5 Å². The molecule has 0 aliphatic carbocycles. The quantitative estimate of drug-likeness (QED) is 0.0388. The Balaban J connectivity index is 1.03. The van der Waals surface area contributed by atoms with E-state index in [1.54, 1.807) is 0 Å². The van der Waals surface area contributed by atoms with E-state index >= 15 is 0 Å². The molecular formula is C42H55N4O6P. The molecule has 11 heteroatoms. The summed E-state index contributed by atoms with van der Waals surface area (Å²) in [4.78, 5) is 10.00. The second kappa shape index (κ2) is 24.2. The number of azo groups is 2. The third-order valence-corrected chi connectivity index (χ3v) is 9.39. The molecule has 0 spiro atoms. The van der Waals surface area contributed by atoms with Gasteiger partial charge in [0.1, 0.15) is 11.5 Å². The van der Waals surface area contributed by atoms with Gasteiger partial charge < -0.3 is 14.4 Å². The van der Waals surface area contributed by atoms with Crippen LogP contribution in [0.25, 0.3) is 0 Å². The fraction of sp³-hybridized carbons (Fsp3) is 0.429. The number of aryl methyl sites for hydroxylation is 2. The topological polar surface area (TPSA) is 124 Å². The van der Waals surface area contributed by atoms with Crippen molar-refractivity contribution in [2.24, 2.45) is 20.5 Å². The maximum Gasteiger partial charge on any atom is 0.472 e. The molecule has 4 rings (SSSR count). The molecular weight excluding hydrogens is 687 g/mol. The van der Waals surface area contributed by atoms with Crippen LogP contribution in [0.2, 0.25) is 0 Å². The van der Waals surface area contributed by atoms with Crippen molar-refractivity contribution in [2.75, 3.05) is 26.4 Å². The smallest absolute Gasteiger partial charge is 0.472 e. The van der Waals surface area contributed by atoms with Gasteiger partial charge in [-0.05, 0) is 110 Å². The molecule has 284 valence electrons. The lowest BCUT2D eigenvalue weighted by Crippen LogP contribution is -2.05. The number of hydrogen-bond donors (Lipinski definition) is 1. The zero-order valence-corrected chi connectivity index (χ0v) is 32.2. The van der Waals surface area contributed by atoms with Crippen LogP contribution in [-0.2, 0) is 26.5 Å². The first-order valence-electron chi connectivity index (χ1n) is 19.0. The van der Waals surface area contributed by atoms with Gasteiger partial charge in [-0.25, -0.2) is 4.57 Å². The molecule has 10 nitrogen and oxygen atoms in total. The maximum absolute atomic E-state index is 12.2. The minimum atomic E-state index is -4.18. The highest BCUT2D eigenvalue weighted by Crippen LogP contribution is 2.43. The van der Waals surface area contributed by atoms with Crippen LogP contribution in [0.4, 0.5) is 22.7 Å². The molecule has 53 heavy (non-hydrogen) atoms. The minimum absolute atomic E-state index is 0.0161. The number of ether oxygens (including phenoxy) is 2. The van der Waals surface area contributed by atoms with Gasteiger partial charge in [0, 0.05) is 12.8 Å². The van der Waals surface area contributed by atoms with Gasteiger partial charge in [-0.3, -0.25) is 9.05 Å². The van der Waals surface area contributed by atoms with Crippen molar-refractivity contribution in [2.45, 2.75) is 90.9 Å². The Bertz CT molecular complexity index is 1560. The molecule has 1 N–H and O–H groups in total. The lowest BCUT2D eigenvalue weighted by molar-refractivity contribution is 0.134. The summed E-state index contributed by atoms with van der Waals surface area (Å²) in [6.45, 7) is 5.10. The van der Waals surface area contributed by atoms with Gasteiger partial charge in [0.05, 0.1) is 49.2 Å². The highest BCUT2D eigenvalue weighted by molar-refractivity contribution is 7.47. The maximum atomic E-state index is 12.2. The van der Waals surface area contributed by atoms with E-state index in [1.807, 2.05) is 72.8 Å². The van der Waals surface area contributed by atoms with E-state index in [4.69, 9.17) is 18.5 Å². The monoisotopic (exact) mass is 742 g/mol. The van der Waals surface area contributed by atoms with E-state index in [0.717, 1.165) is 24.2 Å². The Hall–Kier alpha value is -4.21. The van der Waals surface area contributed by atoms with Crippen molar-refractivity contribution in [1.82, 2.24) is 0 Å². The number of nitrogens with zero attached hydrogens (tertiary/aromatic N) is 4. The summed E-state index contributed by atoms with van der Waals surface area (Å²) < 4.78 is 33.8. The summed E-state index contributed by atoms with van der Waals surface area (Å²) in [6, 6.07) is 31.0. The zero-order chi connectivity index (χ0) is 37.4. The Kier molecular flexibility index (Phi) is 18.9. The molecule has 0 atom stereocenters. The number of phosphoric acid groups is 1. The Morgan fingerprint density at radius 2 is 0.792 bits per heavy atom. The molecule has 0 bridgehead atoms. The molecule has 0 amide bonds. The summed E-state index contributed by atoms with van der Waals surface area (Å²) in [5, 5.41) is 17.3. The Labute approximate surface area is 315 Å². The molecule has 4 aromatic rings. The van der Waals surface area contributed by atoms with Crippen molar-refractivity contribution < 1.29 is 28.0 Å². The first kappa shape index (κ1) is 41.5. The van der Waals surface area contributed by atoms with Crippen LogP contribution in [-0.4, -0.2) is 31.3 Å². The number of hydrogen-bond acceptors (Lipinski definition) is 9. The molecule has 0 radical (unpaired) electrons. The lowest BCUT2D eigenvalue weighted by atomic mass is 10.1. The minimum Gasteiger partial charge on any atom is -0.494 e. The van der Waals surface area contributed by atoms with Crippen LogP contribution in [0, 0.1) is 0 Å². The van der Waals surface area contributed by atoms with E-state index in [2.05, 4.69) is 58.6 Å². The van der Waals surface area contributed by atoms with Gasteiger partial charge in [0.2, 0.25) is 0 Å². The van der Waals surface area contributed by atoms with Crippen LogP contribution < -0.4 is 9.47 Å². The SMILES string of the molecule is CCCCCCc1ccc(N=Nc2ccc(OCCCOP(=O)(O)OCCCOc3ccc(N=Nc4ccc(CCCCCC)cc4)cc3)cc2)cc1. The Morgan fingerprint density at radius 1 is 0.453 bits per heavy atom. The lowest BCUT2D eigenvalue weighted by Gasteiger charge is -2.13. The van der Waals surface area contributed by atoms with Crippen molar-refractivity contribution in [3.05, 3.63) is 108 Å². The standard InChI is InChI=1S/C42H55N4O6P/c1-3-5-7-9-13-35-15-19-37(20-16-35)43-45-39-23-27-41(28-24-39)49-31-11-33-51-53(47,48)52-34-12-32-50-42-29-25-40(26-30-42)46-44-38-21-17-36(18-22-38)14-10-8-6-4-2/h15-30H,3-14,31-34H2,1-2H3,(H,47,48). The van der Waals surface area contributed by atoms with Crippen LogP contribution in [0.3, 0.4) is 0 Å². The van der Waals surface area contributed by atoms with E-state index in [9.17, 15) is 9.46 Å². The number of phosphoric ester groups is 1. The molecule has 0 saturated heterocycles. The predicted molar refractivity (Wildman–Crippen MR) is 212 cm³/mol. The second-order valence-electron chi connectivity index (χ2n) is 12.9. The van der Waals surface area contributed by atoms with Gasteiger partial charge in [0.25, 0.3) is 0 Å². The van der Waals surface area contributed by atoms with Gasteiger partial charge in [0.15, 0.2) is 0 Å². The predicted octanol–water partition coefficient (Wildman–Crippen LogP) is 13.1. The van der Waals surface area contributed by atoms with Gasteiger partial charge >= 0.3 is 7.82 Å². The van der Waals surface area contributed by atoms with E-state index in [0.29, 0.717) is 48.9 Å². The molecule has 0 heterocycles. The summed E-state index contributed by atoms with van der Waals surface area (Å²) in [7, 11) is -4.18. The highest BCUT2D eigenvalue weighted by atomic mass is 31.2. The number of unbranched alkanes of at least 4 members (excludes halogenated alkanes) is 6. The average Bonchev–Trinajstić information content (AvgIpc) is 3.18. The summed E-state index contributed by atoms with van der Waals surface area (Å²) in [6.07, 6.45) is 13.0. The molecule has 0 saturated carbocycles. The summed E-state index contributed by atoms with van der Waals surface area (Å²) in [5.41, 5.74) is 5.71. The largest absolute Gasteiger partial charge is 0.494 e. The van der Waals surface area contributed by atoms with Gasteiger partial charge in [-0.2, -0.15) is 20.5 Å². The van der Waals surface area contributed by atoms with Crippen molar-refractivity contribution in [3.8, 4) is 11.5 Å². The molecule has 0 unspecified atom stereocenters. The van der Waals surface area contributed by atoms with Gasteiger partial charge in [-0.15, -0.1) is 0 Å². The third-order valence-electron chi connectivity index (χ3n) is 8.37. The third kappa shape index (κ3) is 17.4.